The molecule has 0 unspecified atom stereocenters. The number of allylic oxidation sites excluding steroid dienone is 1. The van der Waals surface area contributed by atoms with E-state index in [1.807, 2.05) is 30.3 Å². The molecule has 0 bridgehead atoms. The normalized spacial score (nSPS) is 16.0. The Hall–Kier alpha value is -3.17. The van der Waals surface area contributed by atoms with Crippen LogP contribution in [0.25, 0.3) is 6.08 Å². The number of hydrogen-bond donors (Lipinski definition) is 1. The third-order valence-electron chi connectivity index (χ3n) is 7.05. The van der Waals surface area contributed by atoms with Crippen molar-refractivity contribution in [2.75, 3.05) is 13.7 Å². The zero-order valence-corrected chi connectivity index (χ0v) is 27.4. The van der Waals surface area contributed by atoms with Gasteiger partial charge in [0.25, 0.3) is 5.56 Å². The van der Waals surface area contributed by atoms with E-state index in [1.165, 1.54) is 11.3 Å². The summed E-state index contributed by atoms with van der Waals surface area (Å²) in [6.07, 6.45) is 1.85. The number of carbonyl (C=O) groups is 1. The van der Waals surface area contributed by atoms with Gasteiger partial charge in [-0.2, -0.15) is 0 Å². The average Bonchev–Trinajstić information content (AvgIpc) is 3.16. The molecular weight excluding hydrogens is 604 g/mol. The van der Waals surface area contributed by atoms with E-state index in [4.69, 9.17) is 9.47 Å². The van der Waals surface area contributed by atoms with Crippen LogP contribution in [-0.2, 0) is 20.4 Å². The maximum Gasteiger partial charge on any atom is 0.338 e. The van der Waals surface area contributed by atoms with Gasteiger partial charge in [0.1, 0.15) is 11.5 Å². The summed E-state index contributed by atoms with van der Waals surface area (Å²) in [6, 6.07) is 8.64. The van der Waals surface area contributed by atoms with Crippen LogP contribution in [0, 0.1) is 0 Å². The summed E-state index contributed by atoms with van der Waals surface area (Å²) in [4.78, 5) is 32.5. The average molecular weight is 642 g/mol. The van der Waals surface area contributed by atoms with Gasteiger partial charge in [0.2, 0.25) is 0 Å². The number of phenols is 1. The molecule has 1 atom stereocenters. The van der Waals surface area contributed by atoms with Crippen molar-refractivity contribution in [3.63, 3.8) is 0 Å². The van der Waals surface area contributed by atoms with Gasteiger partial charge in [0.05, 0.1) is 40.0 Å². The van der Waals surface area contributed by atoms with Gasteiger partial charge in [-0.05, 0) is 82.1 Å². The molecule has 1 aliphatic heterocycles. The number of phenolic OH excluding ortho intramolecular Hbond substituents is 1. The van der Waals surface area contributed by atoms with Crippen LogP contribution in [-0.4, -0.2) is 29.4 Å². The summed E-state index contributed by atoms with van der Waals surface area (Å²) < 4.78 is 13.5. The van der Waals surface area contributed by atoms with Gasteiger partial charge in [-0.15, -0.1) is 0 Å². The van der Waals surface area contributed by atoms with E-state index in [0.29, 0.717) is 30.8 Å². The first-order valence-corrected chi connectivity index (χ1v) is 15.1. The van der Waals surface area contributed by atoms with Crippen molar-refractivity contribution in [3.8, 4) is 11.5 Å². The summed E-state index contributed by atoms with van der Waals surface area (Å²) in [5, 5.41) is 11.2. The van der Waals surface area contributed by atoms with Gasteiger partial charge in [-0.1, -0.05) is 58.9 Å². The van der Waals surface area contributed by atoms with Crippen LogP contribution in [0.1, 0.15) is 83.7 Å². The molecule has 0 spiro atoms. The molecule has 1 N–H and O–H groups in total. The van der Waals surface area contributed by atoms with Crippen molar-refractivity contribution < 1.29 is 19.4 Å². The number of thiazole rings is 1. The quantitative estimate of drug-likeness (QED) is 0.352. The number of rotatable bonds is 5. The molecule has 0 aliphatic carbocycles. The Morgan fingerprint density at radius 1 is 1.12 bits per heavy atom. The first kappa shape index (κ1) is 30.8. The zero-order valence-electron chi connectivity index (χ0n) is 25.0. The summed E-state index contributed by atoms with van der Waals surface area (Å²) in [6.45, 7) is 16.0. The number of aromatic nitrogens is 1. The summed E-state index contributed by atoms with van der Waals surface area (Å²) in [5.41, 5.74) is 3.09. The fraction of sp³-hybridized carbons (Fsp3) is 0.406. The number of nitrogens with zero attached hydrogens (tertiary/aromatic N) is 2. The lowest BCUT2D eigenvalue weighted by Crippen LogP contribution is -2.40. The molecule has 41 heavy (non-hydrogen) atoms. The number of aromatic hydroxyl groups is 1. The maximum atomic E-state index is 14.1. The predicted octanol–water partition coefficient (Wildman–Crippen LogP) is 5.87. The highest BCUT2D eigenvalue weighted by atomic mass is 79.9. The van der Waals surface area contributed by atoms with Crippen LogP contribution < -0.4 is 19.6 Å². The molecule has 0 amide bonds. The fourth-order valence-corrected chi connectivity index (χ4v) is 6.60. The summed E-state index contributed by atoms with van der Waals surface area (Å²) in [5.74, 6) is 0.405. The second kappa shape index (κ2) is 11.2. The van der Waals surface area contributed by atoms with Crippen molar-refractivity contribution in [2.24, 2.45) is 4.99 Å². The second-order valence-corrected chi connectivity index (χ2v) is 14.0. The number of fused-ring (bicyclic) bond motifs is 1. The molecule has 3 aromatic rings. The van der Waals surface area contributed by atoms with E-state index in [9.17, 15) is 14.7 Å². The SMILES string of the molecule is CCOC(=O)C1=C(C)N=c2s/c(=C/c3cc(C(C)(C)C)c(O)c(C(C)(C)C)c3)c(=O)n2[C@@H]1c1ccc(OC)c(Br)c1. The molecule has 218 valence electrons. The number of esters is 1. The van der Waals surface area contributed by atoms with Crippen molar-refractivity contribution in [2.45, 2.75) is 72.3 Å². The van der Waals surface area contributed by atoms with E-state index in [-0.39, 0.29) is 28.7 Å². The Balaban J connectivity index is 2.00. The Bertz CT molecular complexity index is 1700. The molecule has 2 heterocycles. The van der Waals surface area contributed by atoms with Crippen molar-refractivity contribution in [1.29, 1.82) is 0 Å². The molecule has 0 saturated carbocycles. The molecule has 7 nitrogen and oxygen atoms in total. The maximum absolute atomic E-state index is 14.1. The molecule has 9 heteroatoms. The summed E-state index contributed by atoms with van der Waals surface area (Å²) >= 11 is 4.82. The van der Waals surface area contributed by atoms with Gasteiger partial charge in [-0.3, -0.25) is 9.36 Å². The van der Waals surface area contributed by atoms with E-state index in [1.54, 1.807) is 31.6 Å². The zero-order chi connectivity index (χ0) is 30.4. The highest BCUT2D eigenvalue weighted by Gasteiger charge is 2.34. The predicted molar refractivity (Wildman–Crippen MR) is 167 cm³/mol. The highest BCUT2D eigenvalue weighted by Crippen LogP contribution is 2.40. The Morgan fingerprint density at radius 2 is 1.73 bits per heavy atom. The Labute approximate surface area is 253 Å². The number of ether oxygens (including phenoxy) is 2. The smallest absolute Gasteiger partial charge is 0.338 e. The molecule has 4 rings (SSSR count). The minimum atomic E-state index is -0.732. The Kier molecular flexibility index (Phi) is 8.45. The monoisotopic (exact) mass is 640 g/mol. The lowest BCUT2D eigenvalue weighted by molar-refractivity contribution is -0.139. The first-order valence-electron chi connectivity index (χ1n) is 13.5. The number of methoxy groups -OCH3 is 1. The van der Waals surface area contributed by atoms with E-state index in [2.05, 4.69) is 62.5 Å². The fourth-order valence-electron chi connectivity index (χ4n) is 4.99. The topological polar surface area (TPSA) is 90.1 Å². The minimum absolute atomic E-state index is 0.201. The van der Waals surface area contributed by atoms with Crippen LogP contribution in [0.2, 0.25) is 0 Å². The first-order chi connectivity index (χ1) is 19.1. The van der Waals surface area contributed by atoms with Crippen molar-refractivity contribution in [3.05, 3.63) is 88.0 Å². The highest BCUT2D eigenvalue weighted by molar-refractivity contribution is 9.10. The van der Waals surface area contributed by atoms with Gasteiger partial charge in [0.15, 0.2) is 4.80 Å². The Morgan fingerprint density at radius 3 is 2.24 bits per heavy atom. The van der Waals surface area contributed by atoms with Crippen LogP contribution in [0.5, 0.6) is 11.5 Å². The number of carbonyl (C=O) groups excluding carboxylic acids is 1. The standard InChI is InChI=1S/C32H37BrN2O5S/c1-10-40-29(38)25-17(2)34-30-35(26(25)19-11-12-23(39-9)22(33)16-19)28(37)24(41-30)15-18-13-20(31(3,4)5)27(36)21(14-18)32(6,7)8/h11-16,26,36H,10H2,1-9H3/b24-15+/t26-/m1/s1. The molecule has 2 aromatic carbocycles. The summed E-state index contributed by atoms with van der Waals surface area (Å²) in [7, 11) is 1.58. The second-order valence-electron chi connectivity index (χ2n) is 12.2. The number of hydrogen-bond acceptors (Lipinski definition) is 7. The van der Waals surface area contributed by atoms with Crippen LogP contribution in [0.3, 0.4) is 0 Å². The lowest BCUT2D eigenvalue weighted by Gasteiger charge is -2.27. The van der Waals surface area contributed by atoms with E-state index < -0.39 is 12.0 Å². The van der Waals surface area contributed by atoms with Gasteiger partial charge in [-0.25, -0.2) is 9.79 Å². The van der Waals surface area contributed by atoms with Gasteiger partial charge >= 0.3 is 5.97 Å². The van der Waals surface area contributed by atoms with Crippen molar-refractivity contribution >= 4 is 39.3 Å². The van der Waals surface area contributed by atoms with Gasteiger partial charge < -0.3 is 14.6 Å². The molecule has 0 saturated heterocycles. The molecule has 0 fully saturated rings. The van der Waals surface area contributed by atoms with E-state index in [0.717, 1.165) is 22.3 Å². The molecule has 1 aliphatic rings. The number of halogens is 1. The van der Waals surface area contributed by atoms with Crippen molar-refractivity contribution in [1.82, 2.24) is 4.57 Å². The third-order valence-corrected chi connectivity index (χ3v) is 8.66. The number of benzene rings is 2. The largest absolute Gasteiger partial charge is 0.507 e. The minimum Gasteiger partial charge on any atom is -0.507 e. The van der Waals surface area contributed by atoms with Crippen LogP contribution >= 0.6 is 27.3 Å². The van der Waals surface area contributed by atoms with Crippen LogP contribution in [0.15, 0.2) is 55.9 Å². The van der Waals surface area contributed by atoms with Gasteiger partial charge in [0, 0.05) is 11.1 Å². The van der Waals surface area contributed by atoms with E-state index >= 15 is 0 Å². The lowest BCUT2D eigenvalue weighted by atomic mass is 9.78. The molecule has 1 aromatic heterocycles. The molecule has 0 radical (unpaired) electrons. The van der Waals surface area contributed by atoms with Crippen LogP contribution in [0.4, 0.5) is 0 Å². The third kappa shape index (κ3) is 5.93. The molecular formula is C32H37BrN2O5S.